The zero-order valence-corrected chi connectivity index (χ0v) is 23.1. The number of amides is 1. The Hall–Kier alpha value is -2.68. The van der Waals surface area contributed by atoms with Crippen molar-refractivity contribution in [3.8, 4) is 0 Å². The van der Waals surface area contributed by atoms with E-state index in [-0.39, 0.29) is 27.4 Å². The second-order valence-electron chi connectivity index (χ2n) is 12.2. The normalized spacial score (nSPS) is 19.9. The number of nitrogen functional groups attached to an aromatic ring is 1. The smallest absolute Gasteiger partial charge is 0.281 e. The molecule has 9 heteroatoms. The van der Waals surface area contributed by atoms with Gasteiger partial charge in [0.15, 0.2) is 5.03 Å². The summed E-state index contributed by atoms with van der Waals surface area (Å²) in [5.74, 6) is 1.05. The Kier molecular flexibility index (Phi) is 6.83. The number of hydrogen-bond donors (Lipinski definition) is 2. The SMILES string of the molecule is C[C@@H]1CN(c2nc(C(C)(C)C)c(CCC3CC3)cc2C(=O)NS(=O)(=O)c2cccc(N)n2)C(C)(C)C1. The Balaban J connectivity index is 1.81. The van der Waals surface area contributed by atoms with Crippen LogP contribution < -0.4 is 15.4 Å². The Morgan fingerprint density at radius 1 is 1.22 bits per heavy atom. The van der Waals surface area contributed by atoms with Crippen LogP contribution in [-0.4, -0.2) is 36.4 Å². The van der Waals surface area contributed by atoms with Crippen molar-refractivity contribution in [2.75, 3.05) is 17.2 Å². The van der Waals surface area contributed by atoms with E-state index >= 15 is 0 Å². The van der Waals surface area contributed by atoms with Gasteiger partial charge in [-0.25, -0.2) is 14.7 Å². The lowest BCUT2D eigenvalue weighted by molar-refractivity contribution is 0.0981. The first-order chi connectivity index (χ1) is 16.7. The molecular weight excluding hydrogens is 474 g/mol. The molecule has 3 N–H and O–H groups in total. The quantitative estimate of drug-likeness (QED) is 0.562. The second kappa shape index (κ2) is 9.32. The van der Waals surface area contributed by atoms with Gasteiger partial charge in [-0.1, -0.05) is 46.6 Å². The number of carbonyl (C=O) groups is 1. The summed E-state index contributed by atoms with van der Waals surface area (Å²) in [6, 6.07) is 6.19. The number of aryl methyl sites for hydroxylation is 1. The summed E-state index contributed by atoms with van der Waals surface area (Å²) in [6.07, 6.45) is 5.30. The maximum Gasteiger partial charge on any atom is 0.281 e. The molecule has 1 atom stereocenters. The number of nitrogens with two attached hydrogens (primary N) is 1. The van der Waals surface area contributed by atoms with Gasteiger partial charge in [0.2, 0.25) is 0 Å². The summed E-state index contributed by atoms with van der Waals surface area (Å²) in [7, 11) is -4.21. The zero-order chi connectivity index (χ0) is 26.5. The molecule has 36 heavy (non-hydrogen) atoms. The van der Waals surface area contributed by atoms with Gasteiger partial charge >= 0.3 is 0 Å². The van der Waals surface area contributed by atoms with Crippen molar-refractivity contribution in [2.45, 2.75) is 89.6 Å². The summed E-state index contributed by atoms with van der Waals surface area (Å²) in [4.78, 5) is 24.8. The standard InChI is InChI=1S/C27H39N5O3S/c1-17-15-27(5,6)32(16-17)24-20(25(33)31-36(34,35)22-9-7-8-21(28)29-22)14-19(13-12-18-10-11-18)23(30-24)26(2,3)4/h7-9,14,17-18H,10-13,15-16H2,1-6H3,(H2,28,29)(H,31,33)/t17-/m0/s1. The minimum Gasteiger partial charge on any atom is -0.384 e. The molecule has 1 saturated heterocycles. The fourth-order valence-electron chi connectivity index (χ4n) is 5.29. The molecule has 1 amide bonds. The first-order valence-electron chi connectivity index (χ1n) is 12.8. The molecule has 0 spiro atoms. The molecule has 1 saturated carbocycles. The summed E-state index contributed by atoms with van der Waals surface area (Å²) < 4.78 is 28.3. The van der Waals surface area contributed by atoms with Gasteiger partial charge in [-0.05, 0) is 68.7 Å². The van der Waals surface area contributed by atoms with Crippen LogP contribution in [0.5, 0.6) is 0 Å². The van der Waals surface area contributed by atoms with Crippen molar-refractivity contribution in [3.63, 3.8) is 0 Å². The molecule has 8 nitrogen and oxygen atoms in total. The first-order valence-corrected chi connectivity index (χ1v) is 14.3. The van der Waals surface area contributed by atoms with Gasteiger partial charge in [0, 0.05) is 17.5 Å². The van der Waals surface area contributed by atoms with E-state index in [9.17, 15) is 13.2 Å². The molecule has 0 unspecified atom stereocenters. The van der Waals surface area contributed by atoms with Gasteiger partial charge in [-0.15, -0.1) is 0 Å². The number of pyridine rings is 2. The lowest BCUT2D eigenvalue weighted by Gasteiger charge is -2.35. The summed E-state index contributed by atoms with van der Waals surface area (Å²) >= 11 is 0. The number of sulfonamides is 1. The third-order valence-electron chi connectivity index (χ3n) is 7.13. The predicted molar refractivity (Wildman–Crippen MR) is 142 cm³/mol. The van der Waals surface area contributed by atoms with Gasteiger partial charge in [-0.2, -0.15) is 8.42 Å². The molecule has 4 rings (SSSR count). The molecule has 196 valence electrons. The van der Waals surface area contributed by atoms with Crippen molar-refractivity contribution >= 4 is 27.6 Å². The number of rotatable bonds is 7. The van der Waals surface area contributed by atoms with Crippen LogP contribution in [-0.2, 0) is 21.9 Å². The van der Waals surface area contributed by atoms with Crippen LogP contribution in [0.25, 0.3) is 0 Å². The van der Waals surface area contributed by atoms with E-state index in [0.29, 0.717) is 11.7 Å². The van der Waals surface area contributed by atoms with E-state index in [1.54, 1.807) is 0 Å². The van der Waals surface area contributed by atoms with Crippen LogP contribution in [0.1, 0.15) is 88.8 Å². The van der Waals surface area contributed by atoms with Crippen molar-refractivity contribution in [3.05, 3.63) is 41.1 Å². The molecule has 2 aromatic heterocycles. The van der Waals surface area contributed by atoms with Crippen LogP contribution in [0.4, 0.5) is 11.6 Å². The number of nitrogens with one attached hydrogen (secondary N) is 1. The monoisotopic (exact) mass is 513 g/mol. The molecule has 1 aliphatic heterocycles. The fourth-order valence-corrected chi connectivity index (χ4v) is 6.24. The van der Waals surface area contributed by atoms with Crippen molar-refractivity contribution in [2.24, 2.45) is 11.8 Å². The minimum atomic E-state index is -4.21. The number of aromatic nitrogens is 2. The van der Waals surface area contributed by atoms with E-state index in [1.807, 2.05) is 6.07 Å². The van der Waals surface area contributed by atoms with Crippen LogP contribution in [0.15, 0.2) is 29.3 Å². The average Bonchev–Trinajstić information content (AvgIpc) is 3.54. The Bertz CT molecular complexity index is 1260. The highest BCUT2D eigenvalue weighted by molar-refractivity contribution is 7.90. The van der Waals surface area contributed by atoms with E-state index in [4.69, 9.17) is 10.7 Å². The minimum absolute atomic E-state index is 0.0670. The van der Waals surface area contributed by atoms with Gasteiger partial charge in [-0.3, -0.25) is 4.79 Å². The van der Waals surface area contributed by atoms with E-state index in [0.717, 1.165) is 43.0 Å². The van der Waals surface area contributed by atoms with Crippen LogP contribution >= 0.6 is 0 Å². The lowest BCUT2D eigenvalue weighted by Crippen LogP contribution is -2.41. The van der Waals surface area contributed by atoms with Gasteiger partial charge in [0.25, 0.3) is 15.9 Å². The fraction of sp³-hybridized carbons (Fsp3) is 0.593. The zero-order valence-electron chi connectivity index (χ0n) is 22.3. The maximum atomic E-state index is 13.6. The van der Waals surface area contributed by atoms with Crippen molar-refractivity contribution < 1.29 is 13.2 Å². The molecule has 0 aromatic carbocycles. The number of hydrogen-bond acceptors (Lipinski definition) is 7. The van der Waals surface area contributed by atoms with Crippen molar-refractivity contribution in [1.82, 2.24) is 14.7 Å². The first kappa shape index (κ1) is 26.4. The van der Waals surface area contributed by atoms with Crippen LogP contribution in [0.3, 0.4) is 0 Å². The molecule has 0 bridgehead atoms. The van der Waals surface area contributed by atoms with E-state index in [2.05, 4.69) is 56.1 Å². The Morgan fingerprint density at radius 3 is 2.47 bits per heavy atom. The highest BCUT2D eigenvalue weighted by atomic mass is 32.2. The Labute approximate surface area is 215 Å². The summed E-state index contributed by atoms with van der Waals surface area (Å²) in [6.45, 7) is 13.6. The average molecular weight is 514 g/mol. The third kappa shape index (κ3) is 5.66. The molecule has 0 radical (unpaired) electrons. The Morgan fingerprint density at radius 2 is 1.92 bits per heavy atom. The van der Waals surface area contributed by atoms with Gasteiger partial charge < -0.3 is 10.6 Å². The molecule has 2 fully saturated rings. The predicted octanol–water partition coefficient (Wildman–Crippen LogP) is 4.44. The number of nitrogens with zero attached hydrogens (tertiary/aromatic N) is 3. The van der Waals surface area contributed by atoms with Crippen molar-refractivity contribution in [1.29, 1.82) is 0 Å². The van der Waals surface area contributed by atoms with E-state index < -0.39 is 15.9 Å². The summed E-state index contributed by atoms with van der Waals surface area (Å²) in [5.41, 5.74) is 7.49. The highest BCUT2D eigenvalue weighted by Gasteiger charge is 2.40. The largest absolute Gasteiger partial charge is 0.384 e. The lowest BCUT2D eigenvalue weighted by atomic mass is 9.85. The van der Waals surface area contributed by atoms with Crippen LogP contribution in [0.2, 0.25) is 0 Å². The molecule has 3 heterocycles. The second-order valence-corrected chi connectivity index (χ2v) is 13.8. The topological polar surface area (TPSA) is 118 Å². The number of carbonyl (C=O) groups excluding carboxylic acids is 1. The highest BCUT2D eigenvalue weighted by Crippen LogP contribution is 2.40. The number of anilines is 2. The summed E-state index contributed by atoms with van der Waals surface area (Å²) in [5, 5.41) is -0.291. The maximum absolute atomic E-state index is 13.6. The molecular formula is C27H39N5O3S. The third-order valence-corrected chi connectivity index (χ3v) is 8.36. The van der Waals surface area contributed by atoms with E-state index in [1.165, 1.54) is 31.0 Å². The molecule has 2 aliphatic rings. The van der Waals surface area contributed by atoms with Crippen LogP contribution in [0, 0.1) is 11.8 Å². The molecule has 2 aromatic rings. The van der Waals surface area contributed by atoms with Gasteiger partial charge in [0.1, 0.15) is 11.6 Å². The van der Waals surface area contributed by atoms with Gasteiger partial charge in [0.05, 0.1) is 11.3 Å². The molecule has 1 aliphatic carbocycles.